The van der Waals surface area contributed by atoms with Crippen LogP contribution in [-0.2, 0) is 16.4 Å². The highest BCUT2D eigenvalue weighted by atomic mass is 32.2. The van der Waals surface area contributed by atoms with Crippen LogP contribution in [0.5, 0.6) is 0 Å². The van der Waals surface area contributed by atoms with E-state index in [2.05, 4.69) is 15.3 Å². The second-order valence-corrected chi connectivity index (χ2v) is 7.87. The molecule has 1 aromatic carbocycles. The molecule has 0 radical (unpaired) electrons. The van der Waals surface area contributed by atoms with Gasteiger partial charge in [-0.25, -0.2) is 18.4 Å². The first kappa shape index (κ1) is 15.3. The van der Waals surface area contributed by atoms with Crippen LogP contribution in [0.2, 0.25) is 0 Å². The number of hydrogen-bond donors (Lipinski definition) is 1. The van der Waals surface area contributed by atoms with Crippen LogP contribution in [-0.4, -0.2) is 55.4 Å². The summed E-state index contributed by atoms with van der Waals surface area (Å²) in [6.07, 6.45) is 4.27. The molecule has 0 saturated carbocycles. The first-order valence-corrected chi connectivity index (χ1v) is 9.47. The molecule has 4 rings (SSSR count). The van der Waals surface area contributed by atoms with Crippen LogP contribution in [0.1, 0.15) is 5.56 Å². The Morgan fingerprint density at radius 3 is 2.54 bits per heavy atom. The number of benzene rings is 1. The van der Waals surface area contributed by atoms with Gasteiger partial charge in [0.2, 0.25) is 16.0 Å². The first-order valence-electron chi connectivity index (χ1n) is 8.03. The lowest BCUT2D eigenvalue weighted by atomic mass is 10.2. The second-order valence-electron chi connectivity index (χ2n) is 5.94. The van der Waals surface area contributed by atoms with Crippen molar-refractivity contribution < 1.29 is 8.42 Å². The molecule has 0 amide bonds. The lowest BCUT2D eigenvalue weighted by Gasteiger charge is -2.33. The van der Waals surface area contributed by atoms with E-state index in [9.17, 15) is 8.42 Å². The minimum absolute atomic E-state index is 0.384. The average molecular weight is 345 g/mol. The molecule has 0 unspecified atom stereocenters. The van der Waals surface area contributed by atoms with Gasteiger partial charge < -0.3 is 10.2 Å². The van der Waals surface area contributed by atoms with Crippen molar-refractivity contribution in [3.05, 3.63) is 42.2 Å². The van der Waals surface area contributed by atoms with Gasteiger partial charge in [0.25, 0.3) is 0 Å². The predicted molar refractivity (Wildman–Crippen MR) is 91.6 cm³/mol. The predicted octanol–water partition coefficient (Wildman–Crippen LogP) is 0.955. The van der Waals surface area contributed by atoms with Gasteiger partial charge in [0.1, 0.15) is 0 Å². The molecule has 1 N–H and O–H groups in total. The zero-order valence-corrected chi connectivity index (χ0v) is 14.0. The molecule has 3 heterocycles. The summed E-state index contributed by atoms with van der Waals surface area (Å²) < 4.78 is 27.3. The summed E-state index contributed by atoms with van der Waals surface area (Å²) in [6, 6.07) is 7.13. The third kappa shape index (κ3) is 2.71. The Hall–Kier alpha value is -2.19. The molecule has 1 fully saturated rings. The van der Waals surface area contributed by atoms with Crippen molar-refractivity contribution in [2.24, 2.45) is 0 Å². The second kappa shape index (κ2) is 6.03. The molecule has 126 valence electrons. The highest BCUT2D eigenvalue weighted by Gasteiger charge is 2.30. The minimum atomic E-state index is -3.45. The third-order valence-corrected chi connectivity index (χ3v) is 6.39. The Morgan fingerprint density at radius 2 is 1.79 bits per heavy atom. The zero-order valence-electron chi connectivity index (χ0n) is 13.2. The highest BCUT2D eigenvalue weighted by Crippen LogP contribution is 2.27. The zero-order chi connectivity index (χ0) is 16.6. The van der Waals surface area contributed by atoms with E-state index in [1.165, 1.54) is 0 Å². The van der Waals surface area contributed by atoms with E-state index in [1.54, 1.807) is 34.9 Å². The van der Waals surface area contributed by atoms with Crippen molar-refractivity contribution in [3.63, 3.8) is 0 Å². The summed E-state index contributed by atoms with van der Waals surface area (Å²) in [5.41, 5.74) is 2.12. The van der Waals surface area contributed by atoms with Gasteiger partial charge in [-0.15, -0.1) is 0 Å². The molecule has 1 saturated heterocycles. The Balaban J connectivity index is 1.50. The van der Waals surface area contributed by atoms with Crippen LogP contribution in [0.3, 0.4) is 0 Å². The molecule has 8 heteroatoms. The van der Waals surface area contributed by atoms with Gasteiger partial charge in [0, 0.05) is 50.8 Å². The maximum Gasteiger partial charge on any atom is 0.243 e. The number of rotatable bonds is 3. The van der Waals surface area contributed by atoms with Gasteiger partial charge in [-0.05, 0) is 36.2 Å². The molecule has 0 spiro atoms. The summed E-state index contributed by atoms with van der Waals surface area (Å²) >= 11 is 0. The molecule has 2 aliphatic heterocycles. The summed E-state index contributed by atoms with van der Waals surface area (Å²) in [5.74, 6) is 0.651. The number of fused-ring (bicyclic) bond motifs is 1. The Bertz CT molecular complexity index is 833. The Kier molecular flexibility index (Phi) is 3.85. The van der Waals surface area contributed by atoms with E-state index in [1.807, 2.05) is 11.0 Å². The van der Waals surface area contributed by atoms with Crippen LogP contribution >= 0.6 is 0 Å². The molecular weight excluding hydrogens is 326 g/mol. The fourth-order valence-electron chi connectivity index (χ4n) is 3.17. The molecular formula is C16H19N5O2S. The number of nitrogens with zero attached hydrogens (tertiary/aromatic N) is 4. The molecule has 24 heavy (non-hydrogen) atoms. The van der Waals surface area contributed by atoms with Crippen LogP contribution in [0.25, 0.3) is 0 Å². The van der Waals surface area contributed by atoms with Crippen LogP contribution in [0, 0.1) is 0 Å². The van der Waals surface area contributed by atoms with Crippen LogP contribution in [0.15, 0.2) is 41.6 Å². The van der Waals surface area contributed by atoms with Crippen molar-refractivity contribution in [2.45, 2.75) is 11.3 Å². The van der Waals surface area contributed by atoms with Crippen molar-refractivity contribution >= 4 is 21.7 Å². The minimum Gasteiger partial charge on any atom is -0.384 e. The normalized spacial score (nSPS) is 18.2. The van der Waals surface area contributed by atoms with Crippen molar-refractivity contribution in [1.82, 2.24) is 14.3 Å². The Labute approximate surface area is 141 Å². The van der Waals surface area contributed by atoms with Gasteiger partial charge in [0.05, 0.1) is 4.90 Å². The first-order chi connectivity index (χ1) is 11.6. The number of piperazine rings is 1. The fraction of sp³-hybridized carbons (Fsp3) is 0.375. The van der Waals surface area contributed by atoms with Crippen molar-refractivity contribution in [2.75, 3.05) is 42.9 Å². The maximum atomic E-state index is 12.9. The molecule has 0 bridgehead atoms. The number of aromatic nitrogens is 2. The highest BCUT2D eigenvalue weighted by molar-refractivity contribution is 7.89. The lowest BCUT2D eigenvalue weighted by Crippen LogP contribution is -2.49. The topological polar surface area (TPSA) is 78.4 Å². The summed E-state index contributed by atoms with van der Waals surface area (Å²) in [5, 5.41) is 3.25. The summed E-state index contributed by atoms with van der Waals surface area (Å²) in [6.45, 7) is 2.94. The van der Waals surface area contributed by atoms with E-state index in [-0.39, 0.29) is 0 Å². The van der Waals surface area contributed by atoms with Gasteiger partial charge in [0.15, 0.2) is 0 Å². The molecule has 7 nitrogen and oxygen atoms in total. The SMILES string of the molecule is O=S(=O)(c1ccc2c(c1)CCN2)N1CCN(c2ncccn2)CC1. The quantitative estimate of drug-likeness (QED) is 0.893. The summed E-state index contributed by atoms with van der Waals surface area (Å²) in [7, 11) is -3.45. The summed E-state index contributed by atoms with van der Waals surface area (Å²) in [4.78, 5) is 10.9. The maximum absolute atomic E-state index is 12.9. The van der Waals surface area contributed by atoms with Crippen LogP contribution in [0.4, 0.5) is 11.6 Å². The van der Waals surface area contributed by atoms with E-state index in [0.717, 1.165) is 24.2 Å². The van der Waals surface area contributed by atoms with Crippen LogP contribution < -0.4 is 10.2 Å². The smallest absolute Gasteiger partial charge is 0.243 e. The fourth-order valence-corrected chi connectivity index (χ4v) is 4.65. The number of sulfonamides is 1. The average Bonchev–Trinajstić information content (AvgIpc) is 3.10. The van der Waals surface area contributed by atoms with Gasteiger partial charge in [-0.2, -0.15) is 4.31 Å². The molecule has 0 atom stereocenters. The largest absolute Gasteiger partial charge is 0.384 e. The number of nitrogens with one attached hydrogen (secondary N) is 1. The Morgan fingerprint density at radius 1 is 1.04 bits per heavy atom. The number of anilines is 2. The standard InChI is InChI=1S/C16H19N5O2S/c22-24(23,14-2-3-15-13(12-14)4-7-17-15)21-10-8-20(9-11-21)16-18-5-1-6-19-16/h1-3,5-6,12,17H,4,7-11H2. The van der Waals surface area contributed by atoms with E-state index >= 15 is 0 Å². The molecule has 2 aromatic rings. The monoisotopic (exact) mass is 345 g/mol. The number of hydrogen-bond acceptors (Lipinski definition) is 6. The van der Waals surface area contributed by atoms with E-state index in [4.69, 9.17) is 0 Å². The van der Waals surface area contributed by atoms with E-state index in [0.29, 0.717) is 37.0 Å². The third-order valence-electron chi connectivity index (χ3n) is 4.50. The molecule has 0 aliphatic carbocycles. The van der Waals surface area contributed by atoms with E-state index < -0.39 is 10.0 Å². The molecule has 1 aromatic heterocycles. The lowest BCUT2D eigenvalue weighted by molar-refractivity contribution is 0.382. The van der Waals surface area contributed by atoms with Gasteiger partial charge in [-0.1, -0.05) is 0 Å². The molecule has 2 aliphatic rings. The van der Waals surface area contributed by atoms with Gasteiger partial charge in [-0.3, -0.25) is 0 Å². The van der Waals surface area contributed by atoms with Crippen molar-refractivity contribution in [1.29, 1.82) is 0 Å². The van der Waals surface area contributed by atoms with Gasteiger partial charge >= 0.3 is 0 Å². The van der Waals surface area contributed by atoms with Crippen molar-refractivity contribution in [3.8, 4) is 0 Å².